The summed E-state index contributed by atoms with van der Waals surface area (Å²) in [6.45, 7) is 10.9. The maximum absolute atomic E-state index is 13.9. The number of hydrogen-bond donors (Lipinski definition) is 0. The zero-order valence-corrected chi connectivity index (χ0v) is 22.3. The Morgan fingerprint density at radius 1 is 1.14 bits per heavy atom. The zero-order valence-electron chi connectivity index (χ0n) is 22.3. The van der Waals surface area contributed by atoms with Crippen LogP contribution in [0.1, 0.15) is 65.0 Å². The maximum Gasteiger partial charge on any atom is 0.290 e. The fourth-order valence-corrected chi connectivity index (χ4v) is 5.63. The molecule has 1 aromatic rings. The Morgan fingerprint density at radius 3 is 2.60 bits per heavy atom. The highest BCUT2D eigenvalue weighted by Gasteiger charge is 2.53. The summed E-state index contributed by atoms with van der Waals surface area (Å²) in [5.41, 5.74) is 1.48. The number of ether oxygens (including phenoxy) is 2. The summed E-state index contributed by atoms with van der Waals surface area (Å²) < 4.78 is 12.4. The minimum absolute atomic E-state index is 0.106. The van der Waals surface area contributed by atoms with E-state index < -0.39 is 6.04 Å². The Morgan fingerprint density at radius 2 is 1.89 bits per heavy atom. The van der Waals surface area contributed by atoms with Crippen molar-refractivity contribution in [3.05, 3.63) is 41.2 Å². The predicted octanol–water partition coefficient (Wildman–Crippen LogP) is 4.85. The first-order chi connectivity index (χ1) is 16.7. The van der Waals surface area contributed by atoms with E-state index in [0.717, 1.165) is 43.5 Å². The van der Waals surface area contributed by atoms with Gasteiger partial charge in [0.05, 0.1) is 24.1 Å². The molecule has 2 heterocycles. The van der Waals surface area contributed by atoms with Crippen molar-refractivity contribution in [3.63, 3.8) is 0 Å². The Kier molecular flexibility index (Phi) is 7.89. The third-order valence-electron chi connectivity index (χ3n) is 7.95. The summed E-state index contributed by atoms with van der Waals surface area (Å²) in [6, 6.07) is 7.50. The molecule has 0 radical (unpaired) electrons. The molecule has 6 heteroatoms. The average Bonchev–Trinajstić information content (AvgIpc) is 3.07. The monoisotopic (exact) mass is 482 g/mol. The Balaban J connectivity index is 1.66. The Bertz CT molecular complexity index is 969. The van der Waals surface area contributed by atoms with Crippen LogP contribution in [0.25, 0.3) is 0 Å². The molecule has 4 rings (SSSR count). The Hall–Kier alpha value is -2.34. The number of carbonyl (C=O) groups is 2. The molecular formula is C29H42N2O4. The minimum atomic E-state index is -0.420. The molecule has 192 valence electrons. The lowest BCUT2D eigenvalue weighted by molar-refractivity contribution is -0.137. The topological polar surface area (TPSA) is 59.1 Å². The van der Waals surface area contributed by atoms with E-state index in [2.05, 4.69) is 32.6 Å². The highest BCUT2D eigenvalue weighted by molar-refractivity contribution is 6.11. The van der Waals surface area contributed by atoms with Crippen LogP contribution in [0.15, 0.2) is 35.6 Å². The average molecular weight is 483 g/mol. The van der Waals surface area contributed by atoms with Crippen molar-refractivity contribution in [1.82, 2.24) is 9.80 Å². The molecule has 2 aliphatic heterocycles. The van der Waals surface area contributed by atoms with Crippen molar-refractivity contribution in [2.75, 3.05) is 33.8 Å². The molecular weight excluding hydrogens is 440 g/mol. The normalized spacial score (nSPS) is 28.5. The SMILES string of the molecule is CC(C)CCOc1cccc(C2C3=C(OC4CC(C)C(C)CC4C3=O)C(=O)N2CCCN(C)C)c1. The first kappa shape index (κ1) is 25.7. The van der Waals surface area contributed by atoms with E-state index in [4.69, 9.17) is 9.47 Å². The molecule has 3 aliphatic rings. The van der Waals surface area contributed by atoms with Gasteiger partial charge in [0.15, 0.2) is 11.5 Å². The van der Waals surface area contributed by atoms with E-state index in [1.807, 2.05) is 43.3 Å². The fraction of sp³-hybridized carbons (Fsp3) is 0.655. The van der Waals surface area contributed by atoms with Gasteiger partial charge in [-0.3, -0.25) is 9.59 Å². The van der Waals surface area contributed by atoms with Crippen LogP contribution >= 0.6 is 0 Å². The van der Waals surface area contributed by atoms with Gasteiger partial charge in [-0.15, -0.1) is 0 Å². The van der Waals surface area contributed by atoms with Gasteiger partial charge < -0.3 is 19.3 Å². The molecule has 0 aromatic heterocycles. The van der Waals surface area contributed by atoms with E-state index >= 15 is 0 Å². The second kappa shape index (κ2) is 10.7. The molecule has 0 bridgehead atoms. The van der Waals surface area contributed by atoms with Crippen LogP contribution in [0.3, 0.4) is 0 Å². The number of nitrogens with zero attached hydrogens (tertiary/aromatic N) is 2. The molecule has 1 amide bonds. The second-order valence-electron chi connectivity index (χ2n) is 11.5. The standard InChI is InChI=1S/C29H42N2O4/c1-18(2)11-14-34-22-10-7-9-21(17-22)26-25-27(32)23-15-19(3)20(4)16-24(23)35-28(25)29(33)31(26)13-8-12-30(5)6/h7,9-10,17-20,23-24,26H,8,11-16H2,1-6H3. The van der Waals surface area contributed by atoms with Crippen molar-refractivity contribution in [2.45, 2.75) is 65.5 Å². The van der Waals surface area contributed by atoms with E-state index in [1.54, 1.807) is 0 Å². The number of fused-ring (bicyclic) bond motifs is 1. The van der Waals surface area contributed by atoms with E-state index in [1.165, 1.54) is 0 Å². The lowest BCUT2D eigenvalue weighted by Crippen LogP contribution is -2.43. The van der Waals surface area contributed by atoms with Gasteiger partial charge in [-0.2, -0.15) is 0 Å². The molecule has 1 aromatic carbocycles. The molecule has 35 heavy (non-hydrogen) atoms. The van der Waals surface area contributed by atoms with E-state index in [-0.39, 0.29) is 23.7 Å². The third-order valence-corrected chi connectivity index (χ3v) is 7.95. The summed E-state index contributed by atoms with van der Waals surface area (Å²) >= 11 is 0. The smallest absolute Gasteiger partial charge is 0.290 e. The van der Waals surface area contributed by atoms with E-state index in [9.17, 15) is 9.59 Å². The van der Waals surface area contributed by atoms with Gasteiger partial charge in [-0.1, -0.05) is 39.8 Å². The minimum Gasteiger partial charge on any atom is -0.494 e. The number of amides is 1. The largest absolute Gasteiger partial charge is 0.494 e. The summed E-state index contributed by atoms with van der Waals surface area (Å²) in [7, 11) is 4.06. The highest BCUT2D eigenvalue weighted by Crippen LogP contribution is 2.48. The number of carbonyl (C=O) groups excluding carboxylic acids is 2. The predicted molar refractivity (Wildman–Crippen MR) is 137 cm³/mol. The third kappa shape index (κ3) is 5.42. The highest BCUT2D eigenvalue weighted by atomic mass is 16.5. The van der Waals surface area contributed by atoms with Gasteiger partial charge in [0.2, 0.25) is 0 Å². The summed E-state index contributed by atoms with van der Waals surface area (Å²) in [6.07, 6.45) is 3.26. The number of Topliss-reactive ketones (excluding diaryl/α,β-unsaturated/α-hetero) is 1. The van der Waals surface area contributed by atoms with Crippen molar-refractivity contribution in [3.8, 4) is 5.75 Å². The quantitative estimate of drug-likeness (QED) is 0.504. The number of rotatable bonds is 9. The molecule has 6 nitrogen and oxygen atoms in total. The van der Waals surface area contributed by atoms with Crippen LogP contribution in [0.4, 0.5) is 0 Å². The van der Waals surface area contributed by atoms with Crippen molar-refractivity contribution >= 4 is 11.7 Å². The summed E-state index contributed by atoms with van der Waals surface area (Å²) in [5, 5.41) is 0. The first-order valence-corrected chi connectivity index (χ1v) is 13.3. The van der Waals surface area contributed by atoms with Crippen LogP contribution < -0.4 is 4.74 Å². The summed E-state index contributed by atoms with van der Waals surface area (Å²) in [5.74, 6) is 2.38. The van der Waals surface area contributed by atoms with Gasteiger partial charge in [-0.05, 0) is 81.8 Å². The summed E-state index contributed by atoms with van der Waals surface area (Å²) in [4.78, 5) is 31.5. The molecule has 1 aliphatic carbocycles. The molecule has 5 atom stereocenters. The van der Waals surface area contributed by atoms with Crippen LogP contribution in [0.2, 0.25) is 0 Å². The maximum atomic E-state index is 13.9. The number of hydrogen-bond acceptors (Lipinski definition) is 5. The van der Waals surface area contributed by atoms with Crippen molar-refractivity contribution in [2.24, 2.45) is 23.7 Å². The van der Waals surface area contributed by atoms with Crippen LogP contribution in [0, 0.1) is 23.7 Å². The van der Waals surface area contributed by atoms with Crippen LogP contribution in [0.5, 0.6) is 5.75 Å². The second-order valence-corrected chi connectivity index (χ2v) is 11.5. The van der Waals surface area contributed by atoms with Gasteiger partial charge in [0.1, 0.15) is 11.9 Å². The molecule has 1 saturated carbocycles. The van der Waals surface area contributed by atoms with Crippen molar-refractivity contribution < 1.29 is 19.1 Å². The number of ketones is 1. The molecule has 0 spiro atoms. The molecule has 5 unspecified atom stereocenters. The molecule has 1 fully saturated rings. The van der Waals surface area contributed by atoms with E-state index in [0.29, 0.717) is 42.2 Å². The molecule has 0 N–H and O–H groups in total. The molecule has 0 saturated heterocycles. The van der Waals surface area contributed by atoms with Gasteiger partial charge in [-0.25, -0.2) is 0 Å². The van der Waals surface area contributed by atoms with Crippen LogP contribution in [-0.2, 0) is 14.3 Å². The van der Waals surface area contributed by atoms with Crippen LogP contribution in [-0.4, -0.2) is 61.4 Å². The zero-order chi connectivity index (χ0) is 25.3. The van der Waals surface area contributed by atoms with Gasteiger partial charge >= 0.3 is 0 Å². The first-order valence-electron chi connectivity index (χ1n) is 13.3. The van der Waals surface area contributed by atoms with Gasteiger partial charge in [0.25, 0.3) is 5.91 Å². The number of benzene rings is 1. The fourth-order valence-electron chi connectivity index (χ4n) is 5.63. The lowest BCUT2D eigenvalue weighted by Gasteiger charge is -2.40. The Labute approximate surface area is 210 Å². The van der Waals surface area contributed by atoms with Gasteiger partial charge in [0, 0.05) is 6.54 Å². The van der Waals surface area contributed by atoms with Crippen molar-refractivity contribution in [1.29, 1.82) is 0 Å². The lowest BCUT2D eigenvalue weighted by atomic mass is 9.70.